The third-order valence-electron chi connectivity index (χ3n) is 3.46. The lowest BCUT2D eigenvalue weighted by molar-refractivity contribution is -0.385. The number of anilines is 1. The molecule has 1 amide bonds. The highest BCUT2D eigenvalue weighted by Gasteiger charge is 2.20. The molecule has 138 valence electrons. The fourth-order valence-electron chi connectivity index (χ4n) is 2.16. The number of carbonyl (C=O) groups excluding carboxylic acids is 2. The van der Waals surface area contributed by atoms with Gasteiger partial charge in [0.1, 0.15) is 0 Å². The van der Waals surface area contributed by atoms with Gasteiger partial charge in [-0.3, -0.25) is 14.9 Å². The van der Waals surface area contributed by atoms with Crippen LogP contribution in [0.25, 0.3) is 0 Å². The van der Waals surface area contributed by atoms with E-state index in [1.807, 2.05) is 6.07 Å². The molecule has 0 bridgehead atoms. The number of rotatable bonds is 7. The van der Waals surface area contributed by atoms with Gasteiger partial charge in [0, 0.05) is 11.8 Å². The van der Waals surface area contributed by atoms with Crippen molar-refractivity contribution >= 4 is 23.3 Å². The highest BCUT2D eigenvalue weighted by atomic mass is 16.6. The van der Waals surface area contributed by atoms with Crippen molar-refractivity contribution in [3.63, 3.8) is 0 Å². The highest BCUT2D eigenvalue weighted by Crippen LogP contribution is 2.28. The van der Waals surface area contributed by atoms with Crippen molar-refractivity contribution in [3.05, 3.63) is 63.7 Å². The van der Waals surface area contributed by atoms with Gasteiger partial charge in [0.05, 0.1) is 30.1 Å². The molecule has 0 aromatic heterocycles. The molecule has 9 nitrogen and oxygen atoms in total. The fourth-order valence-corrected chi connectivity index (χ4v) is 2.16. The van der Waals surface area contributed by atoms with Gasteiger partial charge in [0.15, 0.2) is 12.4 Å². The lowest BCUT2D eigenvalue weighted by Gasteiger charge is -2.09. The maximum Gasteiger partial charge on any atom is 0.338 e. The number of methoxy groups -OCH3 is 1. The minimum absolute atomic E-state index is 0.00143. The summed E-state index contributed by atoms with van der Waals surface area (Å²) in [7, 11) is 1.16. The fraction of sp³-hybridized carbons (Fsp3) is 0.167. The largest absolute Gasteiger partial charge is 0.477 e. The highest BCUT2D eigenvalue weighted by molar-refractivity contribution is 5.92. The molecule has 0 saturated carbocycles. The normalized spacial score (nSPS) is 9.78. The molecule has 2 rings (SSSR count). The third-order valence-corrected chi connectivity index (χ3v) is 3.46. The van der Waals surface area contributed by atoms with Crippen LogP contribution in [0, 0.1) is 21.4 Å². The number of carbonyl (C=O) groups is 2. The Morgan fingerprint density at radius 2 is 1.93 bits per heavy atom. The second kappa shape index (κ2) is 8.96. The topological polar surface area (TPSA) is 132 Å². The zero-order valence-electron chi connectivity index (χ0n) is 14.3. The van der Waals surface area contributed by atoms with Crippen molar-refractivity contribution in [3.8, 4) is 11.8 Å². The van der Waals surface area contributed by atoms with Crippen LogP contribution in [-0.2, 0) is 16.0 Å². The number of nitriles is 1. The van der Waals surface area contributed by atoms with E-state index in [1.165, 1.54) is 12.1 Å². The first-order valence-electron chi connectivity index (χ1n) is 7.70. The summed E-state index contributed by atoms with van der Waals surface area (Å²) in [6.45, 7) is -0.460. The van der Waals surface area contributed by atoms with Crippen LogP contribution >= 0.6 is 0 Å². The van der Waals surface area contributed by atoms with Crippen LogP contribution < -0.4 is 10.1 Å². The predicted molar refractivity (Wildman–Crippen MR) is 94.3 cm³/mol. The Morgan fingerprint density at radius 3 is 2.52 bits per heavy atom. The van der Waals surface area contributed by atoms with Gasteiger partial charge < -0.3 is 14.8 Å². The summed E-state index contributed by atoms with van der Waals surface area (Å²) in [5.74, 6) is -1.39. The molecule has 0 spiro atoms. The molecular formula is C18H15N3O6. The van der Waals surface area contributed by atoms with Crippen molar-refractivity contribution < 1.29 is 24.0 Å². The monoisotopic (exact) mass is 369 g/mol. The standard InChI is InChI=1S/C18H15N3O6/c1-26-18(23)13-4-7-16(15(10-13)21(24)25)27-11-17(22)20-14-5-2-12(3-6-14)8-9-19/h2-7,10H,8,11H2,1H3,(H,20,22). The van der Waals surface area contributed by atoms with Crippen LogP contribution in [0.15, 0.2) is 42.5 Å². The number of benzene rings is 2. The molecule has 9 heteroatoms. The van der Waals surface area contributed by atoms with Gasteiger partial charge in [-0.2, -0.15) is 5.26 Å². The van der Waals surface area contributed by atoms with Crippen molar-refractivity contribution in [1.29, 1.82) is 5.26 Å². The summed E-state index contributed by atoms with van der Waals surface area (Å²) in [4.78, 5) is 33.9. The van der Waals surface area contributed by atoms with Gasteiger partial charge in [0.2, 0.25) is 0 Å². The predicted octanol–water partition coefficient (Wildman–Crippen LogP) is 2.46. The first-order chi connectivity index (χ1) is 12.9. The number of hydrogen-bond acceptors (Lipinski definition) is 7. The molecule has 0 heterocycles. The van der Waals surface area contributed by atoms with Gasteiger partial charge in [-0.25, -0.2) is 4.79 Å². The van der Waals surface area contributed by atoms with Gasteiger partial charge in [-0.1, -0.05) is 12.1 Å². The molecule has 0 atom stereocenters. The average Bonchev–Trinajstić information content (AvgIpc) is 2.67. The van der Waals surface area contributed by atoms with Crippen molar-refractivity contribution in [1.82, 2.24) is 0 Å². The van der Waals surface area contributed by atoms with E-state index in [0.29, 0.717) is 5.69 Å². The van der Waals surface area contributed by atoms with E-state index >= 15 is 0 Å². The molecule has 0 saturated heterocycles. The van der Waals surface area contributed by atoms with E-state index in [-0.39, 0.29) is 17.7 Å². The second-order valence-corrected chi connectivity index (χ2v) is 5.30. The van der Waals surface area contributed by atoms with Crippen molar-refractivity contribution in [2.75, 3.05) is 19.0 Å². The maximum absolute atomic E-state index is 12.0. The van der Waals surface area contributed by atoms with Crippen LogP contribution in [0.2, 0.25) is 0 Å². The molecule has 0 aliphatic carbocycles. The Balaban J connectivity index is 2.02. The number of nitrogens with one attached hydrogen (secondary N) is 1. The van der Waals surface area contributed by atoms with Gasteiger partial charge >= 0.3 is 11.7 Å². The van der Waals surface area contributed by atoms with E-state index in [0.717, 1.165) is 18.7 Å². The van der Waals surface area contributed by atoms with Crippen molar-refractivity contribution in [2.45, 2.75) is 6.42 Å². The minimum Gasteiger partial charge on any atom is -0.477 e. The molecule has 27 heavy (non-hydrogen) atoms. The Morgan fingerprint density at radius 1 is 1.22 bits per heavy atom. The summed E-state index contributed by atoms with van der Waals surface area (Å²) < 4.78 is 9.73. The number of hydrogen-bond donors (Lipinski definition) is 1. The summed E-state index contributed by atoms with van der Waals surface area (Å²) in [5.41, 5.74) is 0.860. The number of esters is 1. The lowest BCUT2D eigenvalue weighted by atomic mass is 10.1. The van der Waals surface area contributed by atoms with Crippen LogP contribution in [-0.4, -0.2) is 30.5 Å². The molecule has 2 aromatic rings. The second-order valence-electron chi connectivity index (χ2n) is 5.30. The molecule has 1 N–H and O–H groups in total. The summed E-state index contributed by atoms with van der Waals surface area (Å²) in [5, 5.41) is 22.4. The average molecular weight is 369 g/mol. The quantitative estimate of drug-likeness (QED) is 0.450. The van der Waals surface area contributed by atoms with Crippen LogP contribution in [0.1, 0.15) is 15.9 Å². The Bertz CT molecular complexity index is 902. The van der Waals surface area contributed by atoms with Gasteiger partial charge in [-0.05, 0) is 29.8 Å². The third kappa shape index (κ3) is 5.27. The lowest BCUT2D eigenvalue weighted by Crippen LogP contribution is -2.20. The summed E-state index contributed by atoms with van der Waals surface area (Å²) in [6.07, 6.45) is 0.266. The van der Waals surface area contributed by atoms with E-state index in [2.05, 4.69) is 10.1 Å². The number of nitro groups is 1. The molecule has 2 aromatic carbocycles. The minimum atomic E-state index is -0.720. The van der Waals surface area contributed by atoms with Crippen LogP contribution in [0.5, 0.6) is 5.75 Å². The van der Waals surface area contributed by atoms with Gasteiger partial charge in [-0.15, -0.1) is 0 Å². The first kappa shape index (κ1) is 19.4. The molecule has 0 aliphatic rings. The summed E-state index contributed by atoms with van der Waals surface area (Å²) in [6, 6.07) is 12.3. The Labute approximate surface area is 154 Å². The van der Waals surface area contributed by atoms with Gasteiger partial charge in [0.25, 0.3) is 5.91 Å². The number of nitro benzene ring substituents is 1. The Hall–Kier alpha value is -3.93. The molecule has 0 unspecified atom stereocenters. The van der Waals surface area contributed by atoms with Crippen LogP contribution in [0.4, 0.5) is 11.4 Å². The van der Waals surface area contributed by atoms with E-state index < -0.39 is 29.1 Å². The maximum atomic E-state index is 12.0. The van der Waals surface area contributed by atoms with E-state index in [1.54, 1.807) is 24.3 Å². The van der Waals surface area contributed by atoms with E-state index in [4.69, 9.17) is 10.00 Å². The zero-order valence-corrected chi connectivity index (χ0v) is 14.3. The van der Waals surface area contributed by atoms with Crippen molar-refractivity contribution in [2.24, 2.45) is 0 Å². The number of nitrogens with zero attached hydrogens (tertiary/aromatic N) is 2. The summed E-state index contributed by atoms with van der Waals surface area (Å²) >= 11 is 0. The molecule has 0 aliphatic heterocycles. The molecule has 0 fully saturated rings. The number of amides is 1. The smallest absolute Gasteiger partial charge is 0.338 e. The Kier molecular flexibility index (Phi) is 6.44. The number of ether oxygens (including phenoxy) is 2. The first-order valence-corrected chi connectivity index (χ1v) is 7.70. The van der Waals surface area contributed by atoms with E-state index in [9.17, 15) is 19.7 Å². The molecule has 0 radical (unpaired) electrons. The zero-order chi connectivity index (χ0) is 19.8. The molecular weight excluding hydrogens is 354 g/mol. The van der Waals surface area contributed by atoms with Crippen LogP contribution in [0.3, 0.4) is 0 Å². The SMILES string of the molecule is COC(=O)c1ccc(OCC(=O)Nc2ccc(CC#N)cc2)c([N+](=O)[O-])c1.